The average Bonchev–Trinajstić information content (AvgIpc) is 2.86. The molecular weight excluding hydrogens is 326 g/mol. The number of hydrogen-bond donors (Lipinski definition) is 1. The summed E-state index contributed by atoms with van der Waals surface area (Å²) in [6.07, 6.45) is 1.84. The Bertz CT molecular complexity index is 518. The van der Waals surface area contributed by atoms with Gasteiger partial charge in [0.15, 0.2) is 5.82 Å². The van der Waals surface area contributed by atoms with Crippen molar-refractivity contribution in [1.82, 2.24) is 15.5 Å². The number of benzene rings is 1. The Balaban J connectivity index is 1.85. The van der Waals surface area contributed by atoms with Crippen LogP contribution in [0, 0.1) is 0 Å². The molecule has 0 saturated heterocycles. The van der Waals surface area contributed by atoms with E-state index in [-0.39, 0.29) is 0 Å². The van der Waals surface area contributed by atoms with E-state index in [1.807, 2.05) is 25.2 Å². The van der Waals surface area contributed by atoms with Gasteiger partial charge < -0.3 is 9.84 Å². The Morgan fingerprint density at radius 2 is 2.21 bits per heavy atom. The van der Waals surface area contributed by atoms with Crippen LogP contribution < -0.4 is 5.32 Å². The second-order valence-electron chi connectivity index (χ2n) is 4.03. The van der Waals surface area contributed by atoms with Gasteiger partial charge in [0.25, 0.3) is 0 Å². The van der Waals surface area contributed by atoms with Crippen molar-refractivity contribution in [3.8, 4) is 0 Å². The fraction of sp³-hybridized carbons (Fsp3) is 0.385. The molecule has 0 atom stereocenters. The third kappa shape index (κ3) is 4.63. The van der Waals surface area contributed by atoms with Crippen molar-refractivity contribution in [2.45, 2.75) is 23.5 Å². The third-order valence-corrected chi connectivity index (χ3v) is 4.54. The summed E-state index contributed by atoms with van der Waals surface area (Å²) in [6.45, 7) is 0.962. The number of aryl methyl sites for hydroxylation is 1. The van der Waals surface area contributed by atoms with Gasteiger partial charge in [-0.25, -0.2) is 0 Å². The number of nitrogens with one attached hydrogen (secondary N) is 1. The predicted molar refractivity (Wildman–Crippen MR) is 80.2 cm³/mol. The highest BCUT2D eigenvalue weighted by Gasteiger charge is 2.07. The van der Waals surface area contributed by atoms with Crippen molar-refractivity contribution in [3.05, 3.63) is 40.5 Å². The molecule has 2 aromatic rings. The number of rotatable bonds is 7. The van der Waals surface area contributed by atoms with E-state index in [1.165, 1.54) is 4.90 Å². The van der Waals surface area contributed by atoms with Crippen LogP contribution in [0.3, 0.4) is 0 Å². The van der Waals surface area contributed by atoms with Crippen molar-refractivity contribution in [3.63, 3.8) is 0 Å². The average molecular weight is 342 g/mol. The van der Waals surface area contributed by atoms with Gasteiger partial charge in [-0.05, 0) is 48.1 Å². The fourth-order valence-corrected chi connectivity index (χ4v) is 2.98. The molecule has 0 saturated carbocycles. The predicted octanol–water partition coefficient (Wildman–Crippen LogP) is 3.28. The van der Waals surface area contributed by atoms with Gasteiger partial charge in [-0.15, -0.1) is 11.8 Å². The van der Waals surface area contributed by atoms with Gasteiger partial charge in [0.05, 0.1) is 5.75 Å². The molecule has 0 aliphatic rings. The van der Waals surface area contributed by atoms with E-state index in [4.69, 9.17) is 4.52 Å². The SMILES string of the molecule is CNCCCc1nc(CSc2ccccc2Br)no1. The van der Waals surface area contributed by atoms with Crippen molar-refractivity contribution in [2.24, 2.45) is 0 Å². The molecule has 0 radical (unpaired) electrons. The minimum atomic E-state index is 0.720. The van der Waals surface area contributed by atoms with Gasteiger partial charge in [0.1, 0.15) is 0 Å². The van der Waals surface area contributed by atoms with E-state index < -0.39 is 0 Å². The maximum absolute atomic E-state index is 5.22. The molecule has 0 amide bonds. The molecule has 1 aromatic carbocycles. The standard InChI is InChI=1S/C13H16BrN3OS/c1-15-8-4-7-13-16-12(17-18-13)9-19-11-6-3-2-5-10(11)14/h2-3,5-6,15H,4,7-9H2,1H3. The van der Waals surface area contributed by atoms with Crippen LogP contribution in [0.4, 0.5) is 0 Å². The van der Waals surface area contributed by atoms with Crippen molar-refractivity contribution in [2.75, 3.05) is 13.6 Å². The summed E-state index contributed by atoms with van der Waals surface area (Å²) in [4.78, 5) is 5.57. The number of halogens is 1. The van der Waals surface area contributed by atoms with E-state index >= 15 is 0 Å². The first-order valence-corrected chi connectivity index (χ1v) is 7.91. The summed E-state index contributed by atoms with van der Waals surface area (Å²) in [5, 5.41) is 7.10. The van der Waals surface area contributed by atoms with Crippen LogP contribution >= 0.6 is 27.7 Å². The largest absolute Gasteiger partial charge is 0.339 e. The Morgan fingerprint density at radius 3 is 3.00 bits per heavy atom. The molecule has 1 aromatic heterocycles. The lowest BCUT2D eigenvalue weighted by molar-refractivity contribution is 0.371. The van der Waals surface area contributed by atoms with Gasteiger partial charge in [0, 0.05) is 15.8 Å². The molecule has 1 N–H and O–H groups in total. The second kappa shape index (κ2) is 7.67. The molecule has 0 unspecified atom stereocenters. The molecule has 2 rings (SSSR count). The van der Waals surface area contributed by atoms with E-state index in [9.17, 15) is 0 Å². The van der Waals surface area contributed by atoms with Crippen molar-refractivity contribution >= 4 is 27.7 Å². The fourth-order valence-electron chi connectivity index (χ4n) is 1.57. The lowest BCUT2D eigenvalue weighted by atomic mass is 10.3. The molecule has 0 spiro atoms. The van der Waals surface area contributed by atoms with E-state index in [0.717, 1.165) is 41.3 Å². The zero-order valence-electron chi connectivity index (χ0n) is 10.7. The van der Waals surface area contributed by atoms with Crippen LogP contribution in [-0.4, -0.2) is 23.7 Å². The van der Waals surface area contributed by atoms with Crippen molar-refractivity contribution in [1.29, 1.82) is 0 Å². The molecule has 102 valence electrons. The van der Waals surface area contributed by atoms with Gasteiger partial charge in [-0.2, -0.15) is 4.98 Å². The summed E-state index contributed by atoms with van der Waals surface area (Å²) < 4.78 is 6.31. The Morgan fingerprint density at radius 1 is 1.37 bits per heavy atom. The smallest absolute Gasteiger partial charge is 0.226 e. The normalized spacial score (nSPS) is 10.8. The zero-order valence-corrected chi connectivity index (χ0v) is 13.1. The number of thioether (sulfide) groups is 1. The van der Waals surface area contributed by atoms with Crippen LogP contribution in [0.2, 0.25) is 0 Å². The van der Waals surface area contributed by atoms with Gasteiger partial charge in [-0.3, -0.25) is 0 Å². The first-order valence-electron chi connectivity index (χ1n) is 6.13. The molecule has 0 bridgehead atoms. The summed E-state index contributed by atoms with van der Waals surface area (Å²) in [7, 11) is 1.94. The first kappa shape index (κ1) is 14.6. The summed E-state index contributed by atoms with van der Waals surface area (Å²) >= 11 is 5.22. The quantitative estimate of drug-likeness (QED) is 0.618. The minimum Gasteiger partial charge on any atom is -0.339 e. The molecule has 0 fully saturated rings. The van der Waals surface area contributed by atoms with E-state index in [1.54, 1.807) is 11.8 Å². The van der Waals surface area contributed by atoms with Crippen LogP contribution in [0.5, 0.6) is 0 Å². The molecule has 6 heteroatoms. The molecule has 1 heterocycles. The van der Waals surface area contributed by atoms with Gasteiger partial charge >= 0.3 is 0 Å². The second-order valence-corrected chi connectivity index (χ2v) is 5.90. The number of hydrogen-bond acceptors (Lipinski definition) is 5. The molecular formula is C13H16BrN3OS. The molecule has 19 heavy (non-hydrogen) atoms. The molecule has 0 aliphatic carbocycles. The van der Waals surface area contributed by atoms with E-state index in [2.05, 4.69) is 37.5 Å². The molecule has 0 aliphatic heterocycles. The summed E-state index contributed by atoms with van der Waals surface area (Å²) in [6, 6.07) is 8.12. The monoisotopic (exact) mass is 341 g/mol. The maximum Gasteiger partial charge on any atom is 0.226 e. The zero-order chi connectivity index (χ0) is 13.5. The van der Waals surface area contributed by atoms with Crippen LogP contribution in [0.15, 0.2) is 38.2 Å². The summed E-state index contributed by atoms with van der Waals surface area (Å²) in [5.74, 6) is 2.19. The van der Waals surface area contributed by atoms with Gasteiger partial charge in [-0.1, -0.05) is 17.3 Å². The van der Waals surface area contributed by atoms with Crippen molar-refractivity contribution < 1.29 is 4.52 Å². The number of aromatic nitrogens is 2. The Hall–Kier alpha value is -0.850. The van der Waals surface area contributed by atoms with Crippen LogP contribution in [0.1, 0.15) is 18.1 Å². The lowest BCUT2D eigenvalue weighted by Crippen LogP contribution is -2.08. The third-order valence-electron chi connectivity index (χ3n) is 2.52. The highest BCUT2D eigenvalue weighted by atomic mass is 79.9. The Labute approximate surface area is 125 Å². The lowest BCUT2D eigenvalue weighted by Gasteiger charge is -2.00. The van der Waals surface area contributed by atoms with Crippen LogP contribution in [0.25, 0.3) is 0 Å². The van der Waals surface area contributed by atoms with Crippen LogP contribution in [-0.2, 0) is 12.2 Å². The van der Waals surface area contributed by atoms with E-state index in [0.29, 0.717) is 0 Å². The topological polar surface area (TPSA) is 51.0 Å². The molecule has 4 nitrogen and oxygen atoms in total. The Kier molecular flexibility index (Phi) is 5.88. The van der Waals surface area contributed by atoms with Gasteiger partial charge in [0.2, 0.25) is 5.89 Å². The summed E-state index contributed by atoms with van der Waals surface area (Å²) in [5.41, 5.74) is 0. The maximum atomic E-state index is 5.22. The highest BCUT2D eigenvalue weighted by Crippen LogP contribution is 2.28. The first-order chi connectivity index (χ1) is 9.29. The highest BCUT2D eigenvalue weighted by molar-refractivity contribution is 9.10. The minimum absolute atomic E-state index is 0.720. The number of nitrogens with zero attached hydrogens (tertiary/aromatic N) is 2.